The maximum Gasteiger partial charge on any atom is 0.316 e. The fourth-order valence-corrected chi connectivity index (χ4v) is 3.35. The molecule has 0 saturated carbocycles. The topological polar surface area (TPSA) is 81.2 Å². The van der Waals surface area contributed by atoms with Crippen molar-refractivity contribution < 1.29 is 13.2 Å². The van der Waals surface area contributed by atoms with Gasteiger partial charge in [0.15, 0.2) is 0 Å². The fourth-order valence-electron chi connectivity index (χ4n) is 2.01. The number of nitrogens with one attached hydrogen (secondary N) is 1. The molecule has 0 aliphatic heterocycles. The Hall–Kier alpha value is -2.15. The number of rotatable bonds is 5. The van der Waals surface area contributed by atoms with Crippen molar-refractivity contribution in [2.75, 3.05) is 11.3 Å². The molecule has 1 heterocycles. The molecular formula is C15H19N3O3S. The molecule has 0 saturated heterocycles. The molecular weight excluding hydrogens is 302 g/mol. The minimum absolute atomic E-state index is 0.216. The van der Waals surface area contributed by atoms with Crippen LogP contribution in [0.15, 0.2) is 29.4 Å². The molecule has 1 aromatic carbocycles. The van der Waals surface area contributed by atoms with Gasteiger partial charge in [0.05, 0.1) is 29.6 Å². The van der Waals surface area contributed by atoms with Gasteiger partial charge in [0, 0.05) is 0 Å². The van der Waals surface area contributed by atoms with E-state index in [2.05, 4.69) is 14.7 Å². The largest absolute Gasteiger partial charge is 0.464 e. The highest BCUT2D eigenvalue weighted by Crippen LogP contribution is 2.22. The Morgan fingerprint density at radius 3 is 2.23 bits per heavy atom. The summed E-state index contributed by atoms with van der Waals surface area (Å²) in [7, 11) is -3.68. The first-order valence-corrected chi connectivity index (χ1v) is 8.37. The molecule has 0 unspecified atom stereocenters. The Morgan fingerprint density at radius 2 is 1.64 bits per heavy atom. The first-order chi connectivity index (χ1) is 10.3. The van der Waals surface area contributed by atoms with Crippen LogP contribution < -0.4 is 9.46 Å². The predicted octanol–water partition coefficient (Wildman–Crippen LogP) is 2.60. The number of anilines is 1. The van der Waals surface area contributed by atoms with Gasteiger partial charge < -0.3 is 4.74 Å². The van der Waals surface area contributed by atoms with Crippen molar-refractivity contribution in [3.63, 3.8) is 0 Å². The van der Waals surface area contributed by atoms with Crippen molar-refractivity contribution in [1.29, 1.82) is 0 Å². The van der Waals surface area contributed by atoms with Crippen LogP contribution in [-0.4, -0.2) is 25.0 Å². The van der Waals surface area contributed by atoms with E-state index in [0.29, 0.717) is 17.9 Å². The molecule has 0 aliphatic rings. The molecule has 7 heteroatoms. The summed E-state index contributed by atoms with van der Waals surface area (Å²) >= 11 is 0. The number of benzene rings is 1. The molecule has 6 nitrogen and oxygen atoms in total. The van der Waals surface area contributed by atoms with Crippen LogP contribution in [-0.2, 0) is 10.0 Å². The number of hydrogen-bond donors (Lipinski definition) is 1. The Bertz CT molecular complexity index is 771. The lowest BCUT2D eigenvalue weighted by molar-refractivity contribution is 0.312. The van der Waals surface area contributed by atoms with Crippen LogP contribution in [0.2, 0.25) is 0 Å². The number of hydrogen-bond acceptors (Lipinski definition) is 5. The molecule has 0 atom stereocenters. The molecule has 0 amide bonds. The van der Waals surface area contributed by atoms with Gasteiger partial charge in [0.2, 0.25) is 0 Å². The van der Waals surface area contributed by atoms with Crippen molar-refractivity contribution >= 4 is 15.7 Å². The number of aryl methyl sites for hydroxylation is 3. The third-order valence-electron chi connectivity index (χ3n) is 3.23. The van der Waals surface area contributed by atoms with Gasteiger partial charge in [-0.15, -0.1) is 0 Å². The van der Waals surface area contributed by atoms with E-state index in [1.54, 1.807) is 13.0 Å². The van der Waals surface area contributed by atoms with Crippen LogP contribution in [0.5, 0.6) is 6.01 Å². The quantitative estimate of drug-likeness (QED) is 0.915. The van der Waals surface area contributed by atoms with E-state index in [0.717, 1.165) is 11.1 Å². The van der Waals surface area contributed by atoms with Crippen LogP contribution in [0, 0.1) is 20.8 Å². The van der Waals surface area contributed by atoms with E-state index >= 15 is 0 Å². The second kappa shape index (κ2) is 6.31. The molecule has 22 heavy (non-hydrogen) atoms. The molecule has 0 spiro atoms. The van der Waals surface area contributed by atoms with Crippen molar-refractivity contribution in [2.24, 2.45) is 0 Å². The number of aromatic nitrogens is 2. The lowest BCUT2D eigenvalue weighted by Crippen LogP contribution is -2.15. The van der Waals surface area contributed by atoms with Gasteiger partial charge in [-0.05, 0) is 50.5 Å². The summed E-state index contributed by atoms with van der Waals surface area (Å²) in [6.45, 7) is 7.88. The summed E-state index contributed by atoms with van der Waals surface area (Å²) in [4.78, 5) is 8.13. The SMILES string of the molecule is CCOc1ncc(NS(=O)(=O)c2cc(C)c(C)cc2C)cn1. The van der Waals surface area contributed by atoms with Crippen LogP contribution in [0.3, 0.4) is 0 Å². The van der Waals surface area contributed by atoms with E-state index < -0.39 is 10.0 Å². The van der Waals surface area contributed by atoms with Crippen molar-refractivity contribution in [2.45, 2.75) is 32.6 Å². The van der Waals surface area contributed by atoms with Crippen LogP contribution in [0.4, 0.5) is 5.69 Å². The maximum absolute atomic E-state index is 12.5. The molecule has 0 fully saturated rings. The summed E-state index contributed by atoms with van der Waals surface area (Å²) < 4.78 is 32.6. The first-order valence-electron chi connectivity index (χ1n) is 6.89. The number of ether oxygens (including phenoxy) is 1. The molecule has 0 aliphatic carbocycles. The molecule has 2 rings (SSSR count). The zero-order chi connectivity index (χ0) is 16.3. The highest BCUT2D eigenvalue weighted by atomic mass is 32.2. The summed E-state index contributed by atoms with van der Waals surface area (Å²) in [6, 6.07) is 3.74. The van der Waals surface area contributed by atoms with Crippen LogP contribution >= 0.6 is 0 Å². The van der Waals surface area contributed by atoms with Crippen LogP contribution in [0.1, 0.15) is 23.6 Å². The summed E-state index contributed by atoms with van der Waals surface area (Å²) in [5.74, 6) is 0. The zero-order valence-electron chi connectivity index (χ0n) is 13.0. The molecule has 1 aromatic heterocycles. The van der Waals surface area contributed by atoms with Gasteiger partial charge in [0.1, 0.15) is 0 Å². The number of sulfonamides is 1. The van der Waals surface area contributed by atoms with Crippen molar-refractivity contribution in [3.05, 3.63) is 41.2 Å². The molecule has 1 N–H and O–H groups in total. The Balaban J connectivity index is 2.29. The standard InChI is InChI=1S/C15H19N3O3S/c1-5-21-15-16-8-13(9-17-15)18-22(19,20)14-7-11(3)10(2)6-12(14)4/h6-9,18H,5H2,1-4H3. The van der Waals surface area contributed by atoms with Gasteiger partial charge in [-0.25, -0.2) is 18.4 Å². The molecule has 2 aromatic rings. The second-order valence-corrected chi connectivity index (χ2v) is 6.65. The van der Waals surface area contributed by atoms with Crippen molar-refractivity contribution in [3.8, 4) is 6.01 Å². The summed E-state index contributed by atoms with van der Waals surface area (Å²) in [5.41, 5.74) is 2.97. The second-order valence-electron chi connectivity index (χ2n) is 4.99. The van der Waals surface area contributed by atoms with E-state index in [1.807, 2.05) is 26.8 Å². The normalized spacial score (nSPS) is 11.3. The lowest BCUT2D eigenvalue weighted by Gasteiger charge is -2.12. The Kier molecular flexibility index (Phi) is 4.65. The van der Waals surface area contributed by atoms with Crippen molar-refractivity contribution in [1.82, 2.24) is 9.97 Å². The minimum atomic E-state index is -3.68. The van der Waals surface area contributed by atoms with E-state index in [9.17, 15) is 8.42 Å². The van der Waals surface area contributed by atoms with E-state index in [1.165, 1.54) is 12.4 Å². The summed E-state index contributed by atoms with van der Waals surface area (Å²) in [6.07, 6.45) is 2.76. The third kappa shape index (κ3) is 3.54. The van der Waals surface area contributed by atoms with Gasteiger partial charge in [-0.2, -0.15) is 0 Å². The maximum atomic E-state index is 12.5. The predicted molar refractivity (Wildman–Crippen MR) is 84.7 cm³/mol. The smallest absolute Gasteiger partial charge is 0.316 e. The molecule has 0 radical (unpaired) electrons. The summed E-state index contributed by atoms with van der Waals surface area (Å²) in [5, 5.41) is 0. The van der Waals surface area contributed by atoms with Gasteiger partial charge in [-0.3, -0.25) is 4.72 Å². The number of nitrogens with zero attached hydrogens (tertiary/aromatic N) is 2. The highest BCUT2D eigenvalue weighted by molar-refractivity contribution is 7.92. The first kappa shape index (κ1) is 16.2. The van der Waals surface area contributed by atoms with E-state index in [4.69, 9.17) is 4.74 Å². The third-order valence-corrected chi connectivity index (χ3v) is 4.76. The van der Waals surface area contributed by atoms with Gasteiger partial charge >= 0.3 is 6.01 Å². The Morgan fingerprint density at radius 1 is 1.05 bits per heavy atom. The highest BCUT2D eigenvalue weighted by Gasteiger charge is 2.18. The average molecular weight is 321 g/mol. The van der Waals surface area contributed by atoms with E-state index in [-0.39, 0.29) is 10.9 Å². The van der Waals surface area contributed by atoms with Gasteiger partial charge in [-0.1, -0.05) is 6.07 Å². The zero-order valence-corrected chi connectivity index (χ0v) is 13.9. The Labute approximate surface area is 130 Å². The minimum Gasteiger partial charge on any atom is -0.464 e. The van der Waals surface area contributed by atoms with Crippen LogP contribution in [0.25, 0.3) is 0 Å². The monoisotopic (exact) mass is 321 g/mol. The molecule has 0 bridgehead atoms. The van der Waals surface area contributed by atoms with Gasteiger partial charge in [0.25, 0.3) is 10.0 Å². The fraction of sp³-hybridized carbons (Fsp3) is 0.333. The average Bonchev–Trinajstić information content (AvgIpc) is 2.45. The molecule has 118 valence electrons. The lowest BCUT2D eigenvalue weighted by atomic mass is 10.1.